The third-order valence-corrected chi connectivity index (χ3v) is 9.37. The third kappa shape index (κ3) is 5.57. The average Bonchev–Trinajstić information content (AvgIpc) is 3.29. The van der Waals surface area contributed by atoms with Crippen molar-refractivity contribution in [2.45, 2.75) is 95.5 Å². The summed E-state index contributed by atoms with van der Waals surface area (Å²) >= 11 is 8.23. The lowest BCUT2D eigenvalue weighted by Gasteiger charge is -2.45. The Bertz CT molecular complexity index is 649. The molecule has 2 aliphatic carbocycles. The minimum absolute atomic E-state index is 0.127. The highest BCUT2D eigenvalue weighted by atomic mass is 35.5. The van der Waals surface area contributed by atoms with Crippen LogP contribution in [0, 0.1) is 17.3 Å². The van der Waals surface area contributed by atoms with E-state index in [9.17, 15) is 9.90 Å². The van der Waals surface area contributed by atoms with Gasteiger partial charge >= 0.3 is 5.97 Å². The van der Waals surface area contributed by atoms with Crippen LogP contribution in [0.1, 0.15) is 92.1 Å². The Morgan fingerprint density at radius 3 is 2.76 bits per heavy atom. The van der Waals surface area contributed by atoms with Gasteiger partial charge in [0.05, 0.1) is 13.2 Å². The first-order valence-corrected chi connectivity index (χ1v) is 12.7. The molecule has 1 heterocycles. The van der Waals surface area contributed by atoms with E-state index in [1.54, 1.807) is 11.3 Å². The second kappa shape index (κ2) is 10.6. The Morgan fingerprint density at radius 1 is 1.31 bits per heavy atom. The highest BCUT2D eigenvalue weighted by molar-refractivity contribution is 7.13. The number of thiophene rings is 1. The smallest absolute Gasteiger partial charge is 0.348 e. The number of rotatable bonds is 11. The van der Waals surface area contributed by atoms with Crippen molar-refractivity contribution >= 4 is 28.9 Å². The number of hydrogen-bond acceptors (Lipinski definition) is 4. The summed E-state index contributed by atoms with van der Waals surface area (Å²) < 4.78 is 4.79. The maximum Gasteiger partial charge on any atom is 0.348 e. The van der Waals surface area contributed by atoms with Crippen LogP contribution in [0.4, 0.5) is 0 Å². The molecule has 1 N–H and O–H groups in total. The monoisotopic (exact) mass is 440 g/mol. The molecule has 1 aromatic heterocycles. The molecule has 0 aliphatic heterocycles. The normalized spacial score (nSPS) is 26.8. The van der Waals surface area contributed by atoms with Crippen molar-refractivity contribution in [3.05, 3.63) is 21.9 Å². The summed E-state index contributed by atoms with van der Waals surface area (Å²) in [5.74, 6) is 1.06. The van der Waals surface area contributed by atoms with E-state index >= 15 is 0 Å². The van der Waals surface area contributed by atoms with Crippen molar-refractivity contribution < 1.29 is 14.6 Å². The van der Waals surface area contributed by atoms with E-state index in [0.717, 1.165) is 44.9 Å². The number of carbonyl (C=O) groups is 1. The summed E-state index contributed by atoms with van der Waals surface area (Å²) in [5.41, 5.74) is 0.221. The van der Waals surface area contributed by atoms with E-state index in [4.69, 9.17) is 16.3 Å². The lowest BCUT2D eigenvalue weighted by Crippen LogP contribution is -2.40. The molecule has 0 amide bonds. The lowest BCUT2D eigenvalue weighted by atomic mass is 9.62. The number of hydrogen-bond donors (Lipinski definition) is 1. The van der Waals surface area contributed by atoms with Crippen molar-refractivity contribution in [3.8, 4) is 0 Å². The molecule has 2 saturated carbocycles. The number of aliphatic hydroxyl groups is 1. The number of aliphatic hydroxyl groups excluding tert-OH is 1. The van der Waals surface area contributed by atoms with Gasteiger partial charge in [0.25, 0.3) is 0 Å². The molecule has 29 heavy (non-hydrogen) atoms. The van der Waals surface area contributed by atoms with Gasteiger partial charge in [-0.2, -0.15) is 0 Å². The van der Waals surface area contributed by atoms with Gasteiger partial charge in [0.1, 0.15) is 4.88 Å². The van der Waals surface area contributed by atoms with E-state index in [-0.39, 0.29) is 17.5 Å². The first-order valence-electron chi connectivity index (χ1n) is 11.5. The van der Waals surface area contributed by atoms with Crippen LogP contribution in [0.3, 0.4) is 0 Å². The fourth-order valence-corrected chi connectivity index (χ4v) is 6.96. The fourth-order valence-electron chi connectivity index (χ4n) is 5.54. The quantitative estimate of drug-likeness (QED) is 0.311. The molecule has 0 spiro atoms. The van der Waals surface area contributed by atoms with Crippen LogP contribution >= 0.6 is 22.9 Å². The van der Waals surface area contributed by atoms with Crippen molar-refractivity contribution in [2.75, 3.05) is 7.11 Å². The number of esters is 1. The van der Waals surface area contributed by atoms with Gasteiger partial charge in [0.2, 0.25) is 0 Å². The molecule has 0 radical (unpaired) electrons. The molecule has 0 bridgehead atoms. The minimum Gasteiger partial charge on any atom is -0.465 e. The Kier molecular flexibility index (Phi) is 8.47. The van der Waals surface area contributed by atoms with Gasteiger partial charge in [0, 0.05) is 10.3 Å². The van der Waals surface area contributed by atoms with Gasteiger partial charge in [-0.05, 0) is 93.6 Å². The van der Waals surface area contributed by atoms with Crippen LogP contribution in [0.5, 0.6) is 0 Å². The number of carbonyl (C=O) groups excluding carboxylic acids is 1. The summed E-state index contributed by atoms with van der Waals surface area (Å²) in [4.78, 5) is 13.5. The first-order chi connectivity index (χ1) is 14.0. The summed E-state index contributed by atoms with van der Waals surface area (Å²) in [5, 5.41) is 11.0. The zero-order valence-electron chi connectivity index (χ0n) is 18.0. The van der Waals surface area contributed by atoms with Crippen LogP contribution < -0.4 is 0 Å². The van der Waals surface area contributed by atoms with Crippen molar-refractivity contribution in [1.82, 2.24) is 0 Å². The second-order valence-electron chi connectivity index (χ2n) is 9.18. The Labute approximate surface area is 185 Å². The van der Waals surface area contributed by atoms with Crippen molar-refractivity contribution in [1.29, 1.82) is 0 Å². The van der Waals surface area contributed by atoms with Gasteiger partial charge in [-0.15, -0.1) is 22.9 Å². The largest absolute Gasteiger partial charge is 0.465 e. The molecule has 3 nitrogen and oxygen atoms in total. The van der Waals surface area contributed by atoms with Gasteiger partial charge in [-0.1, -0.05) is 19.8 Å². The lowest BCUT2D eigenvalue weighted by molar-refractivity contribution is -0.0437. The highest BCUT2D eigenvalue weighted by Gasteiger charge is 2.41. The van der Waals surface area contributed by atoms with E-state index in [1.165, 1.54) is 44.1 Å². The fraction of sp³-hybridized carbons (Fsp3) is 0.792. The van der Waals surface area contributed by atoms with Crippen molar-refractivity contribution in [2.24, 2.45) is 17.3 Å². The molecule has 2 aliphatic rings. The summed E-state index contributed by atoms with van der Waals surface area (Å²) in [6.07, 6.45) is 13.6. The van der Waals surface area contributed by atoms with E-state index in [1.807, 2.05) is 6.07 Å². The first kappa shape index (κ1) is 23.1. The molecule has 5 heteroatoms. The number of alkyl halides is 1. The summed E-state index contributed by atoms with van der Waals surface area (Å²) in [7, 11) is 1.43. The predicted molar refractivity (Wildman–Crippen MR) is 121 cm³/mol. The predicted octanol–water partition coefficient (Wildman–Crippen LogP) is 6.60. The van der Waals surface area contributed by atoms with Gasteiger partial charge in [0.15, 0.2) is 0 Å². The SMILES string of the molecule is CCC1(C(O)CCCC2[C@@H](CCCc3ccc(C(=O)OC)s3)CC[C@@H]2Cl)CCC1. The van der Waals surface area contributed by atoms with E-state index in [0.29, 0.717) is 22.1 Å². The Balaban J connectivity index is 1.41. The maximum atomic E-state index is 11.6. The van der Waals surface area contributed by atoms with E-state index < -0.39 is 0 Å². The summed E-state index contributed by atoms with van der Waals surface area (Å²) in [6, 6.07) is 3.92. The molecule has 0 saturated heterocycles. The van der Waals surface area contributed by atoms with Crippen LogP contribution in [-0.4, -0.2) is 29.7 Å². The minimum atomic E-state index is -0.240. The maximum absolute atomic E-state index is 11.6. The molecule has 2 unspecified atom stereocenters. The Hall–Kier alpha value is -0.580. The zero-order chi connectivity index (χ0) is 20.9. The summed E-state index contributed by atoms with van der Waals surface area (Å²) in [6.45, 7) is 2.23. The van der Waals surface area contributed by atoms with E-state index in [2.05, 4.69) is 13.0 Å². The van der Waals surface area contributed by atoms with Crippen molar-refractivity contribution in [3.63, 3.8) is 0 Å². The molecule has 164 valence electrons. The molecule has 1 aromatic rings. The average molecular weight is 441 g/mol. The molecular formula is C24H37ClO3S. The van der Waals surface area contributed by atoms with Crippen LogP contribution in [0.2, 0.25) is 0 Å². The van der Waals surface area contributed by atoms with Gasteiger partial charge in [-0.3, -0.25) is 0 Å². The highest BCUT2D eigenvalue weighted by Crippen LogP contribution is 2.48. The number of methoxy groups -OCH3 is 1. The molecule has 2 fully saturated rings. The van der Waals surface area contributed by atoms with Crippen LogP contribution in [0.25, 0.3) is 0 Å². The molecular weight excluding hydrogens is 404 g/mol. The zero-order valence-corrected chi connectivity index (χ0v) is 19.6. The number of halogens is 1. The Morgan fingerprint density at radius 2 is 2.10 bits per heavy atom. The van der Waals surface area contributed by atoms with Crippen LogP contribution in [-0.2, 0) is 11.2 Å². The third-order valence-electron chi connectivity index (χ3n) is 7.70. The standard InChI is InChI=1S/C24H37ClO3S/c1-3-24(15-6-16-24)22(26)10-5-9-19-17(11-13-20(19)25)7-4-8-18-12-14-21(29-18)23(27)28-2/h12,14,17,19-20,22,26H,3-11,13,15-16H2,1-2H3/t17-,19?,20-,22?/m0/s1. The topological polar surface area (TPSA) is 46.5 Å². The number of ether oxygens (including phenoxy) is 1. The number of aryl methyl sites for hydroxylation is 1. The molecule has 3 rings (SSSR count). The molecule has 0 aromatic carbocycles. The van der Waals surface area contributed by atoms with Crippen LogP contribution in [0.15, 0.2) is 12.1 Å². The molecule has 4 atom stereocenters. The van der Waals surface area contributed by atoms with Gasteiger partial charge in [-0.25, -0.2) is 4.79 Å². The van der Waals surface area contributed by atoms with Gasteiger partial charge < -0.3 is 9.84 Å². The second-order valence-corrected chi connectivity index (χ2v) is 10.9.